The van der Waals surface area contributed by atoms with Crippen molar-refractivity contribution in [1.82, 2.24) is 4.98 Å². The third-order valence-corrected chi connectivity index (χ3v) is 4.82. The lowest BCUT2D eigenvalue weighted by molar-refractivity contribution is -0.113. The van der Waals surface area contributed by atoms with Gasteiger partial charge in [0.05, 0.1) is 25.8 Å². The number of carbonyl (C=O) groups excluding carboxylic acids is 1. The zero-order valence-corrected chi connectivity index (χ0v) is 14.2. The highest BCUT2D eigenvalue weighted by molar-refractivity contribution is 8.00. The summed E-state index contributed by atoms with van der Waals surface area (Å²) >= 11 is 25.0. The molecule has 1 amide bonds. The molecule has 0 atom stereocenters. The number of thioether (sulfide) groups is 1. The van der Waals surface area contributed by atoms with Gasteiger partial charge in [0.1, 0.15) is 0 Å². The molecule has 1 N–H and O–H groups in total. The normalized spacial score (nSPS) is 10.5. The van der Waals surface area contributed by atoms with E-state index < -0.39 is 0 Å². The van der Waals surface area contributed by atoms with E-state index in [-0.39, 0.29) is 22.5 Å². The average molecular weight is 382 g/mol. The summed E-state index contributed by atoms with van der Waals surface area (Å²) in [5, 5.41) is 4.28. The Kier molecular flexibility index (Phi) is 6.02. The van der Waals surface area contributed by atoms with Crippen LogP contribution in [-0.2, 0) is 4.79 Å². The van der Waals surface area contributed by atoms with Crippen molar-refractivity contribution in [2.24, 2.45) is 0 Å². The Morgan fingerprint density at radius 3 is 2.43 bits per heavy atom. The van der Waals surface area contributed by atoms with Crippen LogP contribution in [-0.4, -0.2) is 16.6 Å². The molecule has 0 saturated heterocycles. The number of hydrogen-bond acceptors (Lipinski definition) is 3. The molecule has 3 nitrogen and oxygen atoms in total. The van der Waals surface area contributed by atoms with Crippen LogP contribution in [0, 0.1) is 0 Å². The monoisotopic (exact) mass is 380 g/mol. The number of hydrogen-bond donors (Lipinski definition) is 1. The number of aromatic nitrogens is 1. The van der Waals surface area contributed by atoms with Gasteiger partial charge in [-0.15, -0.1) is 11.8 Å². The Morgan fingerprint density at radius 1 is 1.14 bits per heavy atom. The highest BCUT2D eigenvalue weighted by Crippen LogP contribution is 2.33. The maximum absolute atomic E-state index is 11.9. The Labute approximate surface area is 145 Å². The lowest BCUT2D eigenvalue weighted by atomic mass is 10.4. The number of nitrogens with zero attached hydrogens (tertiary/aromatic N) is 1. The summed E-state index contributed by atoms with van der Waals surface area (Å²) in [6.45, 7) is 0. The van der Waals surface area contributed by atoms with Gasteiger partial charge in [-0.1, -0.05) is 52.5 Å². The molecule has 2 aromatic rings. The second kappa shape index (κ2) is 7.56. The van der Waals surface area contributed by atoms with Gasteiger partial charge in [0, 0.05) is 11.1 Å². The number of carbonyl (C=O) groups is 1. The number of halogens is 4. The van der Waals surface area contributed by atoms with Crippen LogP contribution < -0.4 is 5.32 Å². The average Bonchev–Trinajstić information content (AvgIpc) is 2.41. The Bertz CT molecular complexity index is 661. The number of benzene rings is 1. The van der Waals surface area contributed by atoms with Crippen molar-refractivity contribution in [3.63, 3.8) is 0 Å². The molecule has 0 aliphatic carbocycles. The summed E-state index contributed by atoms with van der Waals surface area (Å²) in [6, 6.07) is 6.67. The van der Waals surface area contributed by atoms with Crippen molar-refractivity contribution < 1.29 is 4.79 Å². The van der Waals surface area contributed by atoms with E-state index in [0.717, 1.165) is 0 Å². The Balaban J connectivity index is 1.99. The fraction of sp³-hybridized carbons (Fsp3) is 0.0769. The lowest BCUT2D eigenvalue weighted by Gasteiger charge is -2.08. The molecule has 0 unspecified atom stereocenters. The highest BCUT2D eigenvalue weighted by atomic mass is 35.5. The molecule has 110 valence electrons. The number of amides is 1. The van der Waals surface area contributed by atoms with Crippen molar-refractivity contribution >= 4 is 69.9 Å². The summed E-state index contributed by atoms with van der Waals surface area (Å²) in [7, 11) is 0. The number of anilines is 1. The molecule has 21 heavy (non-hydrogen) atoms. The van der Waals surface area contributed by atoms with Crippen LogP contribution in [0.1, 0.15) is 0 Å². The number of nitrogens with one attached hydrogen (secondary N) is 1. The molecular formula is C13H8Cl4N2OS. The fourth-order valence-electron chi connectivity index (χ4n) is 1.43. The van der Waals surface area contributed by atoms with Crippen LogP contribution in [0.3, 0.4) is 0 Å². The molecule has 8 heteroatoms. The van der Waals surface area contributed by atoms with Crippen LogP contribution in [0.2, 0.25) is 20.1 Å². The first-order valence-corrected chi connectivity index (χ1v) is 8.15. The zero-order chi connectivity index (χ0) is 15.4. The SMILES string of the molecule is O=C(CSc1c(Cl)cccc1Cl)Nc1ncc(Cl)cc1Cl. The molecular weight excluding hydrogens is 374 g/mol. The Hall–Kier alpha value is -0.650. The van der Waals surface area contributed by atoms with Gasteiger partial charge >= 0.3 is 0 Å². The van der Waals surface area contributed by atoms with Gasteiger partial charge in [-0.3, -0.25) is 4.79 Å². The molecule has 2 rings (SSSR count). The summed E-state index contributed by atoms with van der Waals surface area (Å²) < 4.78 is 0. The van der Waals surface area contributed by atoms with Crippen molar-refractivity contribution in [2.45, 2.75) is 4.90 Å². The van der Waals surface area contributed by atoms with Crippen molar-refractivity contribution in [3.05, 3.63) is 50.6 Å². The predicted octanol–water partition coefficient (Wildman–Crippen LogP) is 5.43. The van der Waals surface area contributed by atoms with E-state index in [2.05, 4.69) is 10.3 Å². The van der Waals surface area contributed by atoms with E-state index in [9.17, 15) is 4.79 Å². The smallest absolute Gasteiger partial charge is 0.235 e. The molecule has 0 spiro atoms. The van der Waals surface area contributed by atoms with Crippen LogP contribution in [0.15, 0.2) is 35.4 Å². The topological polar surface area (TPSA) is 42.0 Å². The molecule has 0 saturated carbocycles. The lowest BCUT2D eigenvalue weighted by Crippen LogP contribution is -2.15. The maximum atomic E-state index is 11.9. The first-order valence-electron chi connectivity index (χ1n) is 5.65. The molecule has 1 aromatic heterocycles. The van der Waals surface area contributed by atoms with E-state index in [4.69, 9.17) is 46.4 Å². The summed E-state index contributed by atoms with van der Waals surface area (Å²) in [5.74, 6) is 0.119. The number of pyridine rings is 1. The van der Waals surface area contributed by atoms with Crippen LogP contribution in [0.4, 0.5) is 5.82 Å². The van der Waals surface area contributed by atoms with Gasteiger partial charge in [-0.05, 0) is 18.2 Å². The van der Waals surface area contributed by atoms with Crippen molar-refractivity contribution in [3.8, 4) is 0 Å². The van der Waals surface area contributed by atoms with E-state index in [1.165, 1.54) is 24.0 Å². The third-order valence-electron chi connectivity index (χ3n) is 2.33. The van der Waals surface area contributed by atoms with Gasteiger partial charge in [-0.2, -0.15) is 0 Å². The molecule has 0 bridgehead atoms. The van der Waals surface area contributed by atoms with Crippen molar-refractivity contribution in [2.75, 3.05) is 11.1 Å². The number of rotatable bonds is 4. The second-order valence-electron chi connectivity index (χ2n) is 3.87. The Morgan fingerprint density at radius 2 is 1.81 bits per heavy atom. The molecule has 0 aliphatic heterocycles. The summed E-state index contributed by atoms with van der Waals surface area (Å²) in [4.78, 5) is 16.5. The fourth-order valence-corrected chi connectivity index (χ4v) is 3.34. The van der Waals surface area contributed by atoms with Gasteiger partial charge in [-0.25, -0.2) is 4.98 Å². The van der Waals surface area contributed by atoms with Crippen LogP contribution in [0.5, 0.6) is 0 Å². The van der Waals surface area contributed by atoms with Crippen molar-refractivity contribution in [1.29, 1.82) is 0 Å². The molecule has 0 radical (unpaired) electrons. The second-order valence-corrected chi connectivity index (χ2v) is 6.52. The zero-order valence-electron chi connectivity index (χ0n) is 10.4. The third kappa shape index (κ3) is 4.66. The van der Waals surface area contributed by atoms with Crippen LogP contribution >= 0.6 is 58.2 Å². The predicted molar refractivity (Wildman–Crippen MR) is 90.1 cm³/mol. The molecule has 0 aliphatic rings. The minimum Gasteiger partial charge on any atom is -0.309 e. The first-order chi connectivity index (χ1) is 9.97. The van der Waals surface area contributed by atoms with E-state index in [0.29, 0.717) is 20.0 Å². The molecule has 1 heterocycles. The van der Waals surface area contributed by atoms with Gasteiger partial charge in [0.15, 0.2) is 5.82 Å². The van der Waals surface area contributed by atoms with E-state index in [1.807, 2.05) is 0 Å². The van der Waals surface area contributed by atoms with E-state index in [1.54, 1.807) is 18.2 Å². The largest absolute Gasteiger partial charge is 0.309 e. The molecule has 1 aromatic carbocycles. The highest BCUT2D eigenvalue weighted by Gasteiger charge is 2.11. The maximum Gasteiger partial charge on any atom is 0.235 e. The standard InChI is InChI=1S/C13H8Cl4N2OS/c14-7-4-10(17)13(18-5-7)19-11(20)6-21-12-8(15)2-1-3-9(12)16/h1-5H,6H2,(H,18,19,20). The summed E-state index contributed by atoms with van der Waals surface area (Å²) in [6.07, 6.45) is 1.40. The van der Waals surface area contributed by atoms with Crippen LogP contribution in [0.25, 0.3) is 0 Å². The minimum atomic E-state index is -0.271. The molecule has 0 fully saturated rings. The quantitative estimate of drug-likeness (QED) is 0.718. The minimum absolute atomic E-state index is 0.129. The summed E-state index contributed by atoms with van der Waals surface area (Å²) in [5.41, 5.74) is 0. The van der Waals surface area contributed by atoms with Gasteiger partial charge in [0.2, 0.25) is 5.91 Å². The van der Waals surface area contributed by atoms with E-state index >= 15 is 0 Å². The van der Waals surface area contributed by atoms with Gasteiger partial charge in [0.25, 0.3) is 0 Å². The first kappa shape index (κ1) is 16.7. The van der Waals surface area contributed by atoms with Gasteiger partial charge < -0.3 is 5.32 Å².